The molecule has 1 amide bonds. The topological polar surface area (TPSA) is 73.2 Å². The predicted molar refractivity (Wildman–Crippen MR) is 102 cm³/mol. The van der Waals surface area contributed by atoms with Crippen LogP contribution in [0, 0.1) is 24.2 Å². The van der Waals surface area contributed by atoms with Crippen molar-refractivity contribution in [3.05, 3.63) is 35.4 Å². The Morgan fingerprint density at radius 3 is 2.59 bits per heavy atom. The van der Waals surface area contributed by atoms with E-state index in [0.717, 1.165) is 37.7 Å². The number of hydrogen-bond acceptors (Lipinski definition) is 4. The summed E-state index contributed by atoms with van der Waals surface area (Å²) in [5.74, 6) is 0.0391. The fourth-order valence-corrected chi connectivity index (χ4v) is 5.16. The molecule has 2 heterocycles. The number of Topliss-reactive ketones (excluding diaryl/α,β-unsaturated/α-hetero) is 1. The second kappa shape index (κ2) is 7.09. The SMILES string of the molecule is Cc1ccc(C(=O)[C@]2(C(=O)N3CCCC3C#N)CC3CCCCC3N2)cc1. The minimum absolute atomic E-state index is 0.134. The van der Waals surface area contributed by atoms with Crippen molar-refractivity contribution in [2.24, 2.45) is 5.92 Å². The number of rotatable bonds is 3. The number of ketones is 1. The molecule has 1 aromatic carbocycles. The lowest BCUT2D eigenvalue weighted by molar-refractivity contribution is -0.136. The van der Waals surface area contributed by atoms with Gasteiger partial charge in [0.25, 0.3) is 5.91 Å². The third kappa shape index (κ3) is 3.06. The maximum atomic E-state index is 13.7. The van der Waals surface area contributed by atoms with Gasteiger partial charge >= 0.3 is 0 Å². The highest BCUT2D eigenvalue weighted by Gasteiger charge is 2.57. The molecule has 5 nitrogen and oxygen atoms in total. The van der Waals surface area contributed by atoms with E-state index in [1.54, 1.807) is 4.90 Å². The fraction of sp³-hybridized carbons (Fsp3) is 0.591. The van der Waals surface area contributed by atoms with Gasteiger partial charge in [-0.3, -0.25) is 14.9 Å². The van der Waals surface area contributed by atoms with Crippen molar-refractivity contribution in [2.75, 3.05) is 6.54 Å². The zero-order valence-corrected chi connectivity index (χ0v) is 15.9. The van der Waals surface area contributed by atoms with E-state index in [2.05, 4.69) is 11.4 Å². The largest absolute Gasteiger partial charge is 0.325 e. The van der Waals surface area contributed by atoms with Crippen LogP contribution >= 0.6 is 0 Å². The van der Waals surface area contributed by atoms with Gasteiger partial charge in [0.05, 0.1) is 6.07 Å². The highest BCUT2D eigenvalue weighted by atomic mass is 16.2. The number of nitriles is 1. The summed E-state index contributed by atoms with van der Waals surface area (Å²) in [7, 11) is 0. The van der Waals surface area contributed by atoms with E-state index in [9.17, 15) is 14.9 Å². The van der Waals surface area contributed by atoms with Gasteiger partial charge in [-0.05, 0) is 44.9 Å². The average molecular weight is 365 g/mol. The molecular formula is C22H27N3O2. The molecule has 0 aromatic heterocycles. The summed E-state index contributed by atoms with van der Waals surface area (Å²) >= 11 is 0. The van der Waals surface area contributed by atoms with Crippen molar-refractivity contribution in [2.45, 2.75) is 69.5 Å². The number of aryl methyl sites for hydroxylation is 1. The molecule has 27 heavy (non-hydrogen) atoms. The van der Waals surface area contributed by atoms with E-state index in [1.807, 2.05) is 31.2 Å². The predicted octanol–water partition coefficient (Wildman–Crippen LogP) is 2.98. The van der Waals surface area contributed by atoms with E-state index in [0.29, 0.717) is 30.9 Å². The molecule has 0 spiro atoms. The van der Waals surface area contributed by atoms with E-state index in [1.165, 1.54) is 0 Å². The van der Waals surface area contributed by atoms with Crippen LogP contribution in [0.4, 0.5) is 0 Å². The Hall–Kier alpha value is -2.19. The molecule has 142 valence electrons. The Morgan fingerprint density at radius 1 is 1.15 bits per heavy atom. The number of nitrogens with one attached hydrogen (secondary N) is 1. The van der Waals surface area contributed by atoms with Crippen LogP contribution in [0.2, 0.25) is 0 Å². The van der Waals surface area contributed by atoms with Crippen molar-refractivity contribution < 1.29 is 9.59 Å². The van der Waals surface area contributed by atoms with E-state index in [4.69, 9.17) is 0 Å². The molecule has 1 N–H and O–H groups in total. The van der Waals surface area contributed by atoms with Crippen molar-refractivity contribution in [3.63, 3.8) is 0 Å². The number of amides is 1. The molecule has 3 aliphatic rings. The number of carbonyl (C=O) groups is 2. The van der Waals surface area contributed by atoms with Gasteiger partial charge in [0, 0.05) is 18.2 Å². The van der Waals surface area contributed by atoms with Crippen LogP contribution in [0.3, 0.4) is 0 Å². The fourth-order valence-electron chi connectivity index (χ4n) is 5.16. The third-order valence-corrected chi connectivity index (χ3v) is 6.64. The van der Waals surface area contributed by atoms with Gasteiger partial charge in [-0.2, -0.15) is 5.26 Å². The first-order valence-electron chi connectivity index (χ1n) is 10.1. The Labute approximate surface area is 160 Å². The maximum absolute atomic E-state index is 13.7. The summed E-state index contributed by atoms with van der Waals surface area (Å²) in [6.07, 6.45) is 6.46. The lowest BCUT2D eigenvalue weighted by Gasteiger charge is -2.33. The van der Waals surface area contributed by atoms with Crippen LogP contribution in [-0.4, -0.2) is 40.8 Å². The van der Waals surface area contributed by atoms with Gasteiger partial charge in [0.15, 0.2) is 11.3 Å². The minimum atomic E-state index is -1.21. The molecule has 0 radical (unpaired) electrons. The summed E-state index contributed by atoms with van der Waals surface area (Å²) in [5, 5.41) is 12.9. The lowest BCUT2D eigenvalue weighted by atomic mass is 9.79. The van der Waals surface area contributed by atoms with Crippen molar-refractivity contribution in [1.29, 1.82) is 5.26 Å². The number of likely N-dealkylation sites (tertiary alicyclic amines) is 1. The minimum Gasteiger partial charge on any atom is -0.325 e. The second-order valence-corrected chi connectivity index (χ2v) is 8.39. The molecule has 2 saturated heterocycles. The Kier molecular flexibility index (Phi) is 4.77. The number of hydrogen-bond donors (Lipinski definition) is 1. The van der Waals surface area contributed by atoms with Crippen LogP contribution in [0.25, 0.3) is 0 Å². The Morgan fingerprint density at radius 2 is 1.89 bits per heavy atom. The number of fused-ring (bicyclic) bond motifs is 1. The first-order valence-corrected chi connectivity index (χ1v) is 10.1. The van der Waals surface area contributed by atoms with Gasteiger partial charge in [0.1, 0.15) is 6.04 Å². The molecule has 0 bridgehead atoms. The maximum Gasteiger partial charge on any atom is 0.252 e. The van der Waals surface area contributed by atoms with Crippen LogP contribution in [-0.2, 0) is 4.79 Å². The molecule has 2 aliphatic heterocycles. The van der Waals surface area contributed by atoms with Crippen LogP contribution in [0.15, 0.2) is 24.3 Å². The van der Waals surface area contributed by atoms with Gasteiger partial charge in [0.2, 0.25) is 0 Å². The molecule has 3 unspecified atom stereocenters. The highest BCUT2D eigenvalue weighted by molar-refractivity contribution is 6.18. The first-order chi connectivity index (χ1) is 13.0. The number of carbonyl (C=O) groups excluding carboxylic acids is 2. The van der Waals surface area contributed by atoms with Crippen LogP contribution < -0.4 is 5.32 Å². The zero-order valence-electron chi connectivity index (χ0n) is 15.9. The van der Waals surface area contributed by atoms with E-state index < -0.39 is 11.6 Å². The lowest BCUT2D eigenvalue weighted by Crippen LogP contribution is -2.61. The Bertz CT molecular complexity index is 766. The molecule has 1 aliphatic carbocycles. The summed E-state index contributed by atoms with van der Waals surface area (Å²) in [6.45, 7) is 2.55. The van der Waals surface area contributed by atoms with Gasteiger partial charge in [-0.25, -0.2) is 0 Å². The summed E-state index contributed by atoms with van der Waals surface area (Å²) in [5.41, 5.74) is 0.450. The second-order valence-electron chi connectivity index (χ2n) is 8.39. The van der Waals surface area contributed by atoms with Gasteiger partial charge in [-0.15, -0.1) is 0 Å². The van der Waals surface area contributed by atoms with Crippen molar-refractivity contribution in [3.8, 4) is 6.07 Å². The normalized spacial score (nSPS) is 32.7. The standard InChI is InChI=1S/C22H27N3O2/c1-15-8-10-16(11-9-15)20(26)22(13-17-5-2-3-7-19(17)24-22)21(27)25-12-4-6-18(25)14-23/h8-11,17-19,24H,2-7,12-13H2,1H3/t17?,18?,19?,22-/m0/s1. The van der Waals surface area contributed by atoms with Crippen LogP contribution in [0.1, 0.15) is 60.9 Å². The highest BCUT2D eigenvalue weighted by Crippen LogP contribution is 2.41. The molecule has 1 saturated carbocycles. The molecular weight excluding hydrogens is 338 g/mol. The molecule has 4 rings (SSSR count). The smallest absolute Gasteiger partial charge is 0.252 e. The zero-order chi connectivity index (χ0) is 19.0. The van der Waals surface area contributed by atoms with Crippen LogP contribution in [0.5, 0.6) is 0 Å². The number of nitrogens with zero attached hydrogens (tertiary/aromatic N) is 2. The quantitative estimate of drug-likeness (QED) is 0.660. The summed E-state index contributed by atoms with van der Waals surface area (Å²) in [6, 6.07) is 9.54. The van der Waals surface area contributed by atoms with Crippen molar-refractivity contribution in [1.82, 2.24) is 10.2 Å². The molecule has 4 atom stereocenters. The molecule has 3 fully saturated rings. The van der Waals surface area contributed by atoms with E-state index in [-0.39, 0.29) is 17.7 Å². The third-order valence-electron chi connectivity index (χ3n) is 6.64. The van der Waals surface area contributed by atoms with Gasteiger partial charge in [-0.1, -0.05) is 42.7 Å². The van der Waals surface area contributed by atoms with Gasteiger partial charge < -0.3 is 4.90 Å². The molecule has 5 heteroatoms. The first kappa shape index (κ1) is 18.2. The summed E-state index contributed by atoms with van der Waals surface area (Å²) in [4.78, 5) is 28.9. The number of benzene rings is 1. The van der Waals surface area contributed by atoms with E-state index >= 15 is 0 Å². The summed E-state index contributed by atoms with van der Waals surface area (Å²) < 4.78 is 0. The molecule has 1 aromatic rings. The monoisotopic (exact) mass is 365 g/mol. The average Bonchev–Trinajstić information content (AvgIpc) is 3.32. The van der Waals surface area contributed by atoms with Crippen molar-refractivity contribution >= 4 is 11.7 Å². The Balaban J connectivity index is 1.71.